The third-order valence-corrected chi connectivity index (χ3v) is 6.91. The minimum Gasteiger partial charge on any atom is -0.756 e. The summed E-state index contributed by atoms with van der Waals surface area (Å²) in [7, 11) is 2.88. The van der Waals surface area contributed by atoms with E-state index in [0.29, 0.717) is 17.6 Å². The number of rotatable bonds is 26. The van der Waals surface area contributed by atoms with Gasteiger partial charge in [0.25, 0.3) is 7.82 Å². The van der Waals surface area contributed by atoms with Crippen LogP contribution in [0.5, 0.6) is 0 Å². The van der Waals surface area contributed by atoms with Crippen LogP contribution in [0.25, 0.3) is 0 Å². The molecule has 7 nitrogen and oxygen atoms in total. The quantitative estimate of drug-likeness (QED) is 0.0577. The Balaban J connectivity index is 3.49. The summed E-state index contributed by atoms with van der Waals surface area (Å²) in [4.78, 5) is 11.9. The first-order chi connectivity index (χ1) is 16.2. The molecule has 0 N–H and O–H groups in total. The van der Waals surface area contributed by atoms with E-state index in [-0.39, 0.29) is 13.2 Å². The topological polar surface area (TPSA) is 77.1 Å². The molecule has 206 valence electrons. The van der Waals surface area contributed by atoms with Crippen LogP contribution in [0.4, 0.5) is 0 Å². The van der Waals surface area contributed by atoms with E-state index in [1.54, 1.807) is 0 Å². The molecule has 0 aliphatic carbocycles. The molecular weight excluding hydrogens is 453 g/mol. The van der Waals surface area contributed by atoms with Crippen molar-refractivity contribution < 1.29 is 32.5 Å². The Morgan fingerprint density at radius 2 is 1.18 bits per heavy atom. The van der Waals surface area contributed by atoms with Crippen molar-refractivity contribution in [2.24, 2.45) is 0 Å². The molecule has 0 aromatic heterocycles. The van der Waals surface area contributed by atoms with Crippen LogP contribution < -0.4 is 4.89 Å². The van der Waals surface area contributed by atoms with E-state index >= 15 is 0 Å². The Bertz CT molecular complexity index is 486. The first kappa shape index (κ1) is 34.0. The third-order valence-electron chi connectivity index (χ3n) is 5.92. The van der Waals surface area contributed by atoms with Crippen molar-refractivity contribution in [1.29, 1.82) is 0 Å². The van der Waals surface area contributed by atoms with Gasteiger partial charge in [0.15, 0.2) is 6.29 Å². The zero-order valence-electron chi connectivity index (χ0n) is 23.1. The maximum absolute atomic E-state index is 11.9. The van der Waals surface area contributed by atoms with Crippen molar-refractivity contribution in [2.75, 3.05) is 54.6 Å². The van der Waals surface area contributed by atoms with E-state index in [1.807, 2.05) is 21.1 Å². The van der Waals surface area contributed by atoms with Gasteiger partial charge in [-0.1, -0.05) is 103 Å². The van der Waals surface area contributed by atoms with Crippen LogP contribution in [-0.4, -0.2) is 65.4 Å². The lowest BCUT2D eigenvalue weighted by atomic mass is 10.0. The van der Waals surface area contributed by atoms with Gasteiger partial charge >= 0.3 is 0 Å². The number of hydrogen-bond acceptors (Lipinski definition) is 6. The zero-order chi connectivity index (χ0) is 25.5. The fourth-order valence-corrected chi connectivity index (χ4v) is 4.48. The van der Waals surface area contributed by atoms with Gasteiger partial charge in [-0.3, -0.25) is 9.09 Å². The van der Waals surface area contributed by atoms with Crippen molar-refractivity contribution in [3.05, 3.63) is 0 Å². The molecule has 2 atom stereocenters. The zero-order valence-corrected chi connectivity index (χ0v) is 24.0. The summed E-state index contributed by atoms with van der Waals surface area (Å²) in [6, 6.07) is 0. The van der Waals surface area contributed by atoms with Gasteiger partial charge in [0, 0.05) is 13.7 Å². The largest absolute Gasteiger partial charge is 0.756 e. The van der Waals surface area contributed by atoms with E-state index < -0.39 is 14.1 Å². The highest BCUT2D eigenvalue weighted by Crippen LogP contribution is 2.39. The van der Waals surface area contributed by atoms with Gasteiger partial charge in [-0.2, -0.15) is 0 Å². The maximum atomic E-state index is 11.9. The van der Waals surface area contributed by atoms with Crippen LogP contribution >= 0.6 is 7.82 Å². The van der Waals surface area contributed by atoms with Gasteiger partial charge in [-0.25, -0.2) is 0 Å². The lowest BCUT2D eigenvalue weighted by Gasteiger charge is -2.29. The van der Waals surface area contributed by atoms with Gasteiger partial charge in [-0.05, 0) is 6.42 Å². The normalized spacial score (nSPS) is 14.9. The van der Waals surface area contributed by atoms with E-state index in [9.17, 15) is 9.46 Å². The molecule has 0 saturated carbocycles. The van der Waals surface area contributed by atoms with Crippen molar-refractivity contribution >= 4 is 7.82 Å². The van der Waals surface area contributed by atoms with Crippen LogP contribution in [0.1, 0.15) is 110 Å². The lowest BCUT2D eigenvalue weighted by molar-refractivity contribution is -0.870. The number of hydrogen-bond donors (Lipinski definition) is 0. The molecule has 0 spiro atoms. The number of phosphoric ester groups is 1. The monoisotopic (exact) mass is 509 g/mol. The van der Waals surface area contributed by atoms with Gasteiger partial charge in [0.2, 0.25) is 0 Å². The molecule has 0 amide bonds. The molecule has 0 radical (unpaired) electrons. The minimum absolute atomic E-state index is 0.0696. The molecule has 0 aliphatic heterocycles. The predicted octanol–water partition coefficient (Wildman–Crippen LogP) is 6.44. The van der Waals surface area contributed by atoms with Gasteiger partial charge in [-0.15, -0.1) is 0 Å². The summed E-state index contributed by atoms with van der Waals surface area (Å²) >= 11 is 0. The number of quaternary nitrogens is 1. The molecular formula is C26H56NO6P. The summed E-state index contributed by atoms with van der Waals surface area (Å²) in [6.45, 7) is 3.55. The van der Waals surface area contributed by atoms with E-state index in [2.05, 4.69) is 6.92 Å². The van der Waals surface area contributed by atoms with Crippen LogP contribution in [-0.2, 0) is 23.1 Å². The summed E-state index contributed by atoms with van der Waals surface area (Å²) in [5, 5.41) is 0. The molecule has 0 bridgehead atoms. The maximum Gasteiger partial charge on any atom is 0.270 e. The summed E-state index contributed by atoms with van der Waals surface area (Å²) in [5.74, 6) is 0. The predicted molar refractivity (Wildman–Crippen MR) is 139 cm³/mol. The molecule has 8 heteroatoms. The van der Waals surface area contributed by atoms with Crippen LogP contribution in [0, 0.1) is 0 Å². The molecule has 2 unspecified atom stereocenters. The van der Waals surface area contributed by atoms with Gasteiger partial charge in [0.05, 0.1) is 27.7 Å². The number of ether oxygens (including phenoxy) is 2. The first-order valence-electron chi connectivity index (χ1n) is 13.7. The molecule has 0 aromatic rings. The number of methoxy groups -OCH3 is 1. The molecule has 0 heterocycles. The Hall–Kier alpha value is -0.0100. The third kappa shape index (κ3) is 25.1. The summed E-state index contributed by atoms with van der Waals surface area (Å²) in [6.07, 6.45) is 20.3. The molecule has 0 aliphatic rings. The van der Waals surface area contributed by atoms with Crippen molar-refractivity contribution in [2.45, 2.75) is 116 Å². The summed E-state index contributed by atoms with van der Waals surface area (Å²) in [5.41, 5.74) is 0. The number of unbranched alkanes of at least 4 members (excludes halogenated alkanes) is 15. The second kappa shape index (κ2) is 22.2. The van der Waals surface area contributed by atoms with Crippen molar-refractivity contribution in [3.8, 4) is 0 Å². The minimum atomic E-state index is -4.41. The molecule has 0 aromatic carbocycles. The number of likely N-dealkylation sites (N-methyl/N-ethyl adjacent to an activating group) is 1. The number of phosphoric acid groups is 1. The number of nitrogens with zero attached hydrogens (tertiary/aromatic N) is 1. The van der Waals surface area contributed by atoms with Crippen LogP contribution in [0.3, 0.4) is 0 Å². The van der Waals surface area contributed by atoms with Crippen molar-refractivity contribution in [3.63, 3.8) is 0 Å². The highest BCUT2D eigenvalue weighted by molar-refractivity contribution is 7.45. The molecule has 0 fully saturated rings. The standard InChI is InChI=1S/C26H56NO6P/c1-6-7-8-9-10-11-12-13-14-15-16-17-18-19-20-21-23-31-25-26(30-5)33-34(28,29)32-24-22-27(2,3)4/h26H,6-25H2,1-5H3. The molecule has 34 heavy (non-hydrogen) atoms. The lowest BCUT2D eigenvalue weighted by Crippen LogP contribution is -2.37. The van der Waals surface area contributed by atoms with Crippen LogP contribution in [0.15, 0.2) is 0 Å². The fraction of sp³-hybridized carbons (Fsp3) is 1.00. The second-order valence-corrected chi connectivity index (χ2v) is 11.8. The van der Waals surface area contributed by atoms with E-state index in [1.165, 1.54) is 97.0 Å². The van der Waals surface area contributed by atoms with Crippen LogP contribution in [0.2, 0.25) is 0 Å². The highest BCUT2D eigenvalue weighted by atomic mass is 31.2. The molecule has 0 saturated heterocycles. The first-order valence-corrected chi connectivity index (χ1v) is 15.2. The Kier molecular flexibility index (Phi) is 22.2. The Labute approximate surface area is 211 Å². The Morgan fingerprint density at radius 3 is 1.59 bits per heavy atom. The average Bonchev–Trinajstić information content (AvgIpc) is 2.76. The average molecular weight is 510 g/mol. The summed E-state index contributed by atoms with van der Waals surface area (Å²) < 4.78 is 33.0. The highest BCUT2D eigenvalue weighted by Gasteiger charge is 2.19. The van der Waals surface area contributed by atoms with E-state index in [4.69, 9.17) is 18.5 Å². The SMILES string of the molecule is CCCCCCCCCCCCCCCCCCOCC(OC)OP(=O)([O-])OCC[N+](C)(C)C. The Morgan fingerprint density at radius 1 is 0.735 bits per heavy atom. The second-order valence-electron chi connectivity index (χ2n) is 10.4. The van der Waals surface area contributed by atoms with Gasteiger partial charge < -0.3 is 23.4 Å². The van der Waals surface area contributed by atoms with Crippen molar-refractivity contribution in [1.82, 2.24) is 0 Å². The van der Waals surface area contributed by atoms with Gasteiger partial charge in [0.1, 0.15) is 13.2 Å². The fourth-order valence-electron chi connectivity index (χ4n) is 3.67. The van der Waals surface area contributed by atoms with E-state index in [0.717, 1.165) is 12.8 Å². The molecule has 0 rings (SSSR count). The smallest absolute Gasteiger partial charge is 0.270 e.